The summed E-state index contributed by atoms with van der Waals surface area (Å²) in [6.45, 7) is 4.65. The predicted octanol–water partition coefficient (Wildman–Crippen LogP) is 2.35. The maximum atomic E-state index is 8.92. The van der Waals surface area contributed by atoms with E-state index >= 15 is 0 Å². The van der Waals surface area contributed by atoms with Crippen LogP contribution in [-0.2, 0) is 4.74 Å². The lowest BCUT2D eigenvalue weighted by Gasteiger charge is -1.92. The van der Waals surface area contributed by atoms with Crippen molar-refractivity contribution in [1.29, 1.82) is 0 Å². The van der Waals surface area contributed by atoms with E-state index in [1.165, 1.54) is 0 Å². The highest BCUT2D eigenvalue weighted by molar-refractivity contribution is 5.29. The van der Waals surface area contributed by atoms with Crippen LogP contribution in [0.4, 0.5) is 0 Å². The van der Waals surface area contributed by atoms with Crippen LogP contribution in [0.15, 0.2) is 24.3 Å². The lowest BCUT2D eigenvalue weighted by atomic mass is 10.2. The maximum absolute atomic E-state index is 8.92. The number of phenolic OH excluding ortho intramolecular Hbond substituents is 1. The van der Waals surface area contributed by atoms with Gasteiger partial charge in [-0.1, -0.05) is 18.2 Å². The number of aromatic hydroxyl groups is 1. The van der Waals surface area contributed by atoms with Crippen LogP contribution in [0.3, 0.4) is 0 Å². The van der Waals surface area contributed by atoms with Crippen molar-refractivity contribution in [1.82, 2.24) is 0 Å². The molecule has 1 N–H and O–H groups in total. The molecule has 2 heteroatoms. The Morgan fingerprint density at radius 1 is 1.33 bits per heavy atom. The van der Waals surface area contributed by atoms with Crippen molar-refractivity contribution in [2.24, 2.45) is 0 Å². The Kier molecular flexibility index (Phi) is 6.11. The first-order chi connectivity index (χ1) is 5.72. The van der Waals surface area contributed by atoms with Crippen LogP contribution in [0.1, 0.15) is 12.5 Å². The quantitative estimate of drug-likeness (QED) is 0.697. The number of phenols is 1. The molecule has 0 heterocycles. The van der Waals surface area contributed by atoms with Crippen molar-refractivity contribution in [3.8, 4) is 5.75 Å². The number of methoxy groups -OCH3 is 1. The second-order valence-corrected chi connectivity index (χ2v) is 2.36. The highest BCUT2D eigenvalue weighted by atomic mass is 16.5. The van der Waals surface area contributed by atoms with Gasteiger partial charge >= 0.3 is 0 Å². The van der Waals surface area contributed by atoms with Crippen LogP contribution in [0.5, 0.6) is 5.75 Å². The average molecular weight is 168 g/mol. The summed E-state index contributed by atoms with van der Waals surface area (Å²) in [7, 11) is 1.68. The minimum atomic E-state index is 0.368. The molecule has 0 amide bonds. The average Bonchev–Trinajstić information content (AvgIpc) is 2.11. The zero-order chi connectivity index (χ0) is 9.40. The summed E-state index contributed by atoms with van der Waals surface area (Å²) in [5, 5.41) is 8.92. The molecule has 2 nitrogen and oxygen atoms in total. The Hall–Kier alpha value is -1.02. The Labute approximate surface area is 73.8 Å². The third-order valence-electron chi connectivity index (χ3n) is 1.40. The van der Waals surface area contributed by atoms with Crippen LogP contribution < -0.4 is 0 Å². The Balaban J connectivity index is 0.000000261. The fraction of sp³-hybridized carbons (Fsp3) is 0.400. The van der Waals surface area contributed by atoms with Crippen molar-refractivity contribution >= 4 is 0 Å². The van der Waals surface area contributed by atoms with E-state index in [4.69, 9.17) is 5.11 Å². The van der Waals surface area contributed by atoms with Gasteiger partial charge in [0.2, 0.25) is 0 Å². The smallest absolute Gasteiger partial charge is 0.118 e. The molecule has 1 aromatic rings. The van der Waals surface area contributed by atoms with Crippen molar-refractivity contribution < 1.29 is 9.84 Å². The fourth-order valence-corrected chi connectivity index (χ4v) is 0.563. The molecule has 0 spiro atoms. The van der Waals surface area contributed by atoms with E-state index in [9.17, 15) is 0 Å². The summed E-state index contributed by atoms with van der Waals surface area (Å²) in [6, 6.07) is 7.25. The largest absolute Gasteiger partial charge is 0.508 e. The summed E-state index contributed by atoms with van der Waals surface area (Å²) < 4.78 is 4.54. The van der Waals surface area contributed by atoms with E-state index in [0.29, 0.717) is 5.75 Å². The summed E-state index contributed by atoms with van der Waals surface area (Å²) >= 11 is 0. The Morgan fingerprint density at radius 2 is 1.83 bits per heavy atom. The van der Waals surface area contributed by atoms with E-state index in [1.807, 2.05) is 32.0 Å². The molecule has 1 rings (SSSR count). The first-order valence-electron chi connectivity index (χ1n) is 3.95. The van der Waals surface area contributed by atoms with Gasteiger partial charge in [0, 0.05) is 13.7 Å². The second-order valence-electron chi connectivity index (χ2n) is 2.36. The van der Waals surface area contributed by atoms with Crippen LogP contribution in [0.25, 0.3) is 0 Å². The standard InChI is InChI=1S/C7H8O.C3H8O/c1-6-4-2-3-5-7(6)8;1-3-4-2/h2-5,8H,1H3;3H2,1-2H3. The van der Waals surface area contributed by atoms with E-state index in [2.05, 4.69) is 4.74 Å². The number of benzene rings is 1. The number of hydrogen-bond donors (Lipinski definition) is 1. The normalized spacial score (nSPS) is 8.58. The first-order valence-corrected chi connectivity index (χ1v) is 3.95. The van der Waals surface area contributed by atoms with Gasteiger partial charge in [0.25, 0.3) is 0 Å². The summed E-state index contributed by atoms with van der Waals surface area (Å²) in [4.78, 5) is 0. The minimum Gasteiger partial charge on any atom is -0.508 e. The molecule has 0 unspecified atom stereocenters. The number of hydrogen-bond acceptors (Lipinski definition) is 2. The first kappa shape index (κ1) is 11.0. The van der Waals surface area contributed by atoms with E-state index in [0.717, 1.165) is 12.2 Å². The van der Waals surface area contributed by atoms with E-state index in [-0.39, 0.29) is 0 Å². The summed E-state index contributed by atoms with van der Waals surface area (Å²) in [5.41, 5.74) is 0.924. The zero-order valence-electron chi connectivity index (χ0n) is 7.87. The van der Waals surface area contributed by atoms with Crippen LogP contribution in [0, 0.1) is 6.92 Å². The molecule has 12 heavy (non-hydrogen) atoms. The van der Waals surface area contributed by atoms with Gasteiger partial charge in [0.15, 0.2) is 0 Å². The van der Waals surface area contributed by atoms with Gasteiger partial charge < -0.3 is 9.84 Å². The molecule has 0 bridgehead atoms. The van der Waals surface area contributed by atoms with Gasteiger partial charge in [-0.05, 0) is 25.5 Å². The maximum Gasteiger partial charge on any atom is 0.118 e. The van der Waals surface area contributed by atoms with E-state index in [1.54, 1.807) is 13.2 Å². The lowest BCUT2D eigenvalue weighted by Crippen LogP contribution is -1.73. The molecule has 68 valence electrons. The van der Waals surface area contributed by atoms with Crippen LogP contribution in [-0.4, -0.2) is 18.8 Å². The third-order valence-corrected chi connectivity index (χ3v) is 1.40. The molecule has 1 aromatic carbocycles. The summed E-state index contributed by atoms with van der Waals surface area (Å²) in [6.07, 6.45) is 0. The molecule has 0 saturated heterocycles. The molecule has 0 aliphatic heterocycles. The predicted molar refractivity (Wildman–Crippen MR) is 50.4 cm³/mol. The molecular weight excluding hydrogens is 152 g/mol. The Bertz CT molecular complexity index is 186. The fourth-order valence-electron chi connectivity index (χ4n) is 0.563. The van der Waals surface area contributed by atoms with Crippen LogP contribution >= 0.6 is 0 Å². The van der Waals surface area contributed by atoms with Crippen molar-refractivity contribution in [2.45, 2.75) is 13.8 Å². The number of para-hydroxylation sites is 1. The zero-order valence-corrected chi connectivity index (χ0v) is 7.87. The third kappa shape index (κ3) is 4.74. The van der Waals surface area contributed by atoms with Gasteiger partial charge in [-0.25, -0.2) is 0 Å². The Morgan fingerprint density at radius 3 is 2.08 bits per heavy atom. The highest BCUT2D eigenvalue weighted by Crippen LogP contribution is 2.12. The van der Waals surface area contributed by atoms with Gasteiger partial charge in [-0.15, -0.1) is 0 Å². The van der Waals surface area contributed by atoms with Crippen molar-refractivity contribution in [3.63, 3.8) is 0 Å². The lowest BCUT2D eigenvalue weighted by molar-refractivity contribution is 0.215. The SMILES string of the molecule is CCOC.Cc1ccccc1O. The van der Waals surface area contributed by atoms with E-state index < -0.39 is 0 Å². The van der Waals surface area contributed by atoms with Crippen molar-refractivity contribution in [3.05, 3.63) is 29.8 Å². The van der Waals surface area contributed by atoms with Gasteiger partial charge in [-0.3, -0.25) is 0 Å². The van der Waals surface area contributed by atoms with Gasteiger partial charge in [-0.2, -0.15) is 0 Å². The number of ether oxygens (including phenoxy) is 1. The van der Waals surface area contributed by atoms with Crippen molar-refractivity contribution in [2.75, 3.05) is 13.7 Å². The minimum absolute atomic E-state index is 0.368. The summed E-state index contributed by atoms with van der Waals surface area (Å²) in [5.74, 6) is 0.368. The molecule has 0 fully saturated rings. The molecule has 0 aliphatic carbocycles. The molecular formula is C10H16O2. The number of aryl methyl sites for hydroxylation is 1. The topological polar surface area (TPSA) is 29.5 Å². The second kappa shape index (κ2) is 6.68. The molecule has 0 aromatic heterocycles. The monoisotopic (exact) mass is 168 g/mol. The van der Waals surface area contributed by atoms with Gasteiger partial charge in [0.1, 0.15) is 5.75 Å². The highest BCUT2D eigenvalue weighted by Gasteiger charge is 1.86. The molecule has 0 saturated carbocycles. The number of rotatable bonds is 1. The molecule has 0 radical (unpaired) electrons. The van der Waals surface area contributed by atoms with Gasteiger partial charge in [0.05, 0.1) is 0 Å². The molecule has 0 atom stereocenters. The van der Waals surface area contributed by atoms with Crippen LogP contribution in [0.2, 0.25) is 0 Å². The molecule has 0 aliphatic rings.